The van der Waals surface area contributed by atoms with Gasteiger partial charge in [-0.15, -0.1) is 0 Å². The quantitative estimate of drug-likeness (QED) is 0.469. The normalized spacial score (nSPS) is 18.1. The Bertz CT molecular complexity index is 1070. The summed E-state index contributed by atoms with van der Waals surface area (Å²) in [6, 6.07) is 7.29. The molecule has 0 aliphatic heterocycles. The second kappa shape index (κ2) is 10.1. The zero-order valence-electron chi connectivity index (χ0n) is 17.5. The number of nitrogens with one attached hydrogen (secondary N) is 3. The molecule has 4 N–H and O–H groups in total. The molecular formula is C23H25FN6O2. The van der Waals surface area contributed by atoms with Crippen molar-refractivity contribution in [1.82, 2.24) is 20.3 Å². The third kappa shape index (κ3) is 5.55. The minimum Gasteiger partial charge on any atom is -0.391 e. The predicted octanol–water partition coefficient (Wildman–Crippen LogP) is 3.71. The summed E-state index contributed by atoms with van der Waals surface area (Å²) >= 11 is 0. The van der Waals surface area contributed by atoms with Gasteiger partial charge in [0.25, 0.3) is 0 Å². The first-order valence-electron chi connectivity index (χ1n) is 10.6. The standard InChI is InChI=1S/C23H25FN6O2/c24-19-7-6-17(29-23(32)30-20-4-1-2-5-21(20)31)10-15(19)13-28-18-11-16(12-25-14-18)22-26-8-3-9-27-22/h3,6-12,14,20-21,28,31H,1-2,4-5,13H2,(H2,29,30,32)/t20-,21+/m1/s1. The van der Waals surface area contributed by atoms with Crippen LogP contribution < -0.4 is 16.0 Å². The van der Waals surface area contributed by atoms with E-state index in [0.717, 1.165) is 24.8 Å². The van der Waals surface area contributed by atoms with Crippen molar-refractivity contribution in [2.75, 3.05) is 10.6 Å². The number of benzene rings is 1. The highest BCUT2D eigenvalue weighted by atomic mass is 19.1. The van der Waals surface area contributed by atoms with E-state index in [2.05, 4.69) is 30.9 Å². The van der Waals surface area contributed by atoms with Crippen LogP contribution in [0.1, 0.15) is 31.2 Å². The summed E-state index contributed by atoms with van der Waals surface area (Å²) in [5.74, 6) is 0.164. The summed E-state index contributed by atoms with van der Waals surface area (Å²) in [6.45, 7) is 0.199. The number of aromatic nitrogens is 3. The monoisotopic (exact) mass is 436 g/mol. The molecule has 1 fully saturated rings. The van der Waals surface area contributed by atoms with Crippen LogP contribution in [-0.4, -0.2) is 38.2 Å². The lowest BCUT2D eigenvalue weighted by molar-refractivity contribution is 0.0955. The van der Waals surface area contributed by atoms with Crippen molar-refractivity contribution in [3.05, 3.63) is 66.5 Å². The predicted molar refractivity (Wildman–Crippen MR) is 119 cm³/mol. The second-order valence-corrected chi connectivity index (χ2v) is 7.75. The van der Waals surface area contributed by atoms with Gasteiger partial charge in [-0.3, -0.25) is 4.98 Å². The number of anilines is 2. The van der Waals surface area contributed by atoms with E-state index in [0.29, 0.717) is 29.2 Å². The van der Waals surface area contributed by atoms with Gasteiger partial charge in [0.2, 0.25) is 0 Å². The summed E-state index contributed by atoms with van der Waals surface area (Å²) < 4.78 is 14.3. The van der Waals surface area contributed by atoms with Gasteiger partial charge in [-0.1, -0.05) is 12.8 Å². The van der Waals surface area contributed by atoms with Crippen LogP contribution in [-0.2, 0) is 6.54 Å². The molecule has 1 aliphatic carbocycles. The average Bonchev–Trinajstić information content (AvgIpc) is 2.82. The molecule has 3 aromatic rings. The van der Waals surface area contributed by atoms with Gasteiger partial charge in [-0.05, 0) is 43.2 Å². The first-order chi connectivity index (χ1) is 15.6. The molecule has 4 rings (SSSR count). The first-order valence-corrected chi connectivity index (χ1v) is 10.6. The highest BCUT2D eigenvalue weighted by molar-refractivity contribution is 5.89. The summed E-state index contributed by atoms with van der Waals surface area (Å²) in [6.07, 6.45) is 9.43. The molecule has 166 valence electrons. The van der Waals surface area contributed by atoms with Gasteiger partial charge >= 0.3 is 6.03 Å². The first kappa shape index (κ1) is 21.6. The van der Waals surface area contributed by atoms with E-state index in [1.807, 2.05) is 6.07 Å². The lowest BCUT2D eigenvalue weighted by Gasteiger charge is -2.28. The molecule has 0 bridgehead atoms. The maximum Gasteiger partial charge on any atom is 0.319 e. The Kier molecular flexibility index (Phi) is 6.86. The van der Waals surface area contributed by atoms with E-state index in [-0.39, 0.29) is 18.4 Å². The van der Waals surface area contributed by atoms with Gasteiger partial charge in [0.1, 0.15) is 5.82 Å². The van der Waals surface area contributed by atoms with Gasteiger partial charge in [0, 0.05) is 48.1 Å². The largest absolute Gasteiger partial charge is 0.391 e. The van der Waals surface area contributed by atoms with Crippen LogP contribution in [0.15, 0.2) is 55.1 Å². The van der Waals surface area contributed by atoms with Crippen LogP contribution in [0.3, 0.4) is 0 Å². The third-order valence-corrected chi connectivity index (χ3v) is 5.39. The van der Waals surface area contributed by atoms with Crippen molar-refractivity contribution in [2.45, 2.75) is 44.4 Å². The van der Waals surface area contributed by atoms with Gasteiger partial charge in [0.05, 0.1) is 17.8 Å². The summed E-state index contributed by atoms with van der Waals surface area (Å²) in [7, 11) is 0. The zero-order chi connectivity index (χ0) is 22.3. The molecule has 1 aromatic carbocycles. The van der Waals surface area contributed by atoms with Gasteiger partial charge in [0.15, 0.2) is 5.82 Å². The number of halogens is 1. The number of rotatable bonds is 6. The molecule has 0 radical (unpaired) electrons. The molecule has 2 heterocycles. The molecule has 9 heteroatoms. The Morgan fingerprint density at radius 3 is 2.72 bits per heavy atom. The zero-order valence-corrected chi connectivity index (χ0v) is 17.5. The number of nitrogens with zero attached hydrogens (tertiary/aromatic N) is 3. The molecular weight excluding hydrogens is 411 g/mol. The van der Waals surface area contributed by atoms with Crippen LogP contribution in [0.4, 0.5) is 20.6 Å². The Morgan fingerprint density at radius 1 is 1.09 bits per heavy atom. The molecule has 8 nitrogen and oxygen atoms in total. The minimum atomic E-state index is -0.534. The number of aliphatic hydroxyl groups excluding tert-OH is 1. The number of pyridine rings is 1. The third-order valence-electron chi connectivity index (χ3n) is 5.39. The number of carbonyl (C=O) groups is 1. The minimum absolute atomic E-state index is 0.199. The van der Waals surface area contributed by atoms with Crippen molar-refractivity contribution in [3.8, 4) is 11.4 Å². The maximum absolute atomic E-state index is 14.3. The highest BCUT2D eigenvalue weighted by Gasteiger charge is 2.24. The van der Waals surface area contributed by atoms with Crippen LogP contribution in [0.2, 0.25) is 0 Å². The number of amides is 2. The lowest BCUT2D eigenvalue weighted by Crippen LogP contribution is -2.46. The van der Waals surface area contributed by atoms with Crippen LogP contribution in [0.25, 0.3) is 11.4 Å². The van der Waals surface area contributed by atoms with Crippen molar-refractivity contribution in [3.63, 3.8) is 0 Å². The van der Waals surface area contributed by atoms with E-state index >= 15 is 0 Å². The molecule has 2 amide bonds. The molecule has 2 aromatic heterocycles. The van der Waals surface area contributed by atoms with Crippen molar-refractivity contribution in [2.24, 2.45) is 0 Å². The van der Waals surface area contributed by atoms with Crippen LogP contribution in [0, 0.1) is 5.82 Å². The number of carbonyl (C=O) groups excluding carboxylic acids is 1. The van der Waals surface area contributed by atoms with E-state index in [9.17, 15) is 14.3 Å². The van der Waals surface area contributed by atoms with Crippen molar-refractivity contribution >= 4 is 17.4 Å². The topological polar surface area (TPSA) is 112 Å². The Labute approximate surface area is 185 Å². The molecule has 0 saturated heterocycles. The van der Waals surface area contributed by atoms with E-state index < -0.39 is 12.1 Å². The van der Waals surface area contributed by atoms with E-state index in [1.165, 1.54) is 12.1 Å². The van der Waals surface area contributed by atoms with Crippen molar-refractivity contribution in [1.29, 1.82) is 0 Å². The fourth-order valence-electron chi connectivity index (χ4n) is 3.71. The van der Waals surface area contributed by atoms with Crippen LogP contribution >= 0.6 is 0 Å². The molecule has 2 atom stereocenters. The van der Waals surface area contributed by atoms with Crippen LogP contribution in [0.5, 0.6) is 0 Å². The van der Waals surface area contributed by atoms with Gasteiger partial charge in [-0.25, -0.2) is 19.2 Å². The number of aliphatic hydroxyl groups is 1. The fraction of sp³-hybridized carbons (Fsp3) is 0.304. The summed E-state index contributed by atoms with van der Waals surface area (Å²) in [5.41, 5.74) is 2.29. The SMILES string of the molecule is O=C(Nc1ccc(F)c(CNc2cncc(-c3ncccn3)c2)c1)N[C@@H]1CCCC[C@@H]1O. The van der Waals surface area contributed by atoms with Crippen molar-refractivity contribution < 1.29 is 14.3 Å². The average molecular weight is 436 g/mol. The Balaban J connectivity index is 1.38. The maximum atomic E-state index is 14.3. The summed E-state index contributed by atoms with van der Waals surface area (Å²) in [5, 5.41) is 18.7. The molecule has 0 unspecified atom stereocenters. The number of hydrogen-bond acceptors (Lipinski definition) is 6. The van der Waals surface area contributed by atoms with E-state index in [1.54, 1.807) is 36.9 Å². The van der Waals surface area contributed by atoms with E-state index in [4.69, 9.17) is 0 Å². The van der Waals surface area contributed by atoms with Gasteiger partial charge < -0.3 is 21.1 Å². The Morgan fingerprint density at radius 2 is 1.91 bits per heavy atom. The number of urea groups is 1. The highest BCUT2D eigenvalue weighted by Crippen LogP contribution is 2.21. The second-order valence-electron chi connectivity index (χ2n) is 7.75. The Hall–Kier alpha value is -3.59. The number of hydrogen-bond donors (Lipinski definition) is 4. The lowest BCUT2D eigenvalue weighted by atomic mass is 9.93. The molecule has 1 saturated carbocycles. The summed E-state index contributed by atoms with van der Waals surface area (Å²) in [4.78, 5) is 24.9. The molecule has 32 heavy (non-hydrogen) atoms. The molecule has 1 aliphatic rings. The molecule has 0 spiro atoms. The fourth-order valence-corrected chi connectivity index (χ4v) is 3.71. The van der Waals surface area contributed by atoms with Gasteiger partial charge in [-0.2, -0.15) is 0 Å². The smallest absolute Gasteiger partial charge is 0.319 e.